The van der Waals surface area contributed by atoms with Crippen molar-refractivity contribution in [1.29, 1.82) is 0 Å². The highest BCUT2D eigenvalue weighted by Crippen LogP contribution is 2.06. The van der Waals surface area contributed by atoms with Crippen LogP contribution in [0, 0.1) is 0 Å². The first-order chi connectivity index (χ1) is 6.16. The van der Waals surface area contributed by atoms with Gasteiger partial charge in [-0.15, -0.1) is 0 Å². The summed E-state index contributed by atoms with van der Waals surface area (Å²) in [5, 5.41) is 8.30. The molecule has 5 heteroatoms. The predicted octanol–water partition coefficient (Wildman–Crippen LogP) is 1.15. The molecule has 0 rings (SSSR count). The molecule has 1 N–H and O–H groups in total. The highest BCUT2D eigenvalue weighted by molar-refractivity contribution is 7.99. The van der Waals surface area contributed by atoms with Gasteiger partial charge >= 0.3 is 11.9 Å². The van der Waals surface area contributed by atoms with E-state index >= 15 is 0 Å². The van der Waals surface area contributed by atoms with E-state index in [1.54, 1.807) is 0 Å². The van der Waals surface area contributed by atoms with E-state index in [0.29, 0.717) is 6.42 Å². The zero-order chi connectivity index (χ0) is 10.1. The molecule has 0 bridgehead atoms. The molecule has 0 saturated carbocycles. The Morgan fingerprint density at radius 2 is 2.08 bits per heavy atom. The minimum Gasteiger partial charge on any atom is -0.481 e. The fraction of sp³-hybridized carbons (Fsp3) is 0.750. The van der Waals surface area contributed by atoms with E-state index in [0.717, 1.165) is 18.6 Å². The summed E-state index contributed by atoms with van der Waals surface area (Å²) in [4.78, 5) is 20.7. The van der Waals surface area contributed by atoms with Gasteiger partial charge in [0.25, 0.3) is 0 Å². The van der Waals surface area contributed by atoms with Crippen LogP contribution in [0.15, 0.2) is 0 Å². The molecule has 0 aliphatic carbocycles. The van der Waals surface area contributed by atoms with Crippen LogP contribution < -0.4 is 0 Å². The monoisotopic (exact) mass is 206 g/mol. The lowest BCUT2D eigenvalue weighted by atomic mass is 10.2. The van der Waals surface area contributed by atoms with Gasteiger partial charge in [0.2, 0.25) is 0 Å². The summed E-state index contributed by atoms with van der Waals surface area (Å²) in [6, 6.07) is 0. The summed E-state index contributed by atoms with van der Waals surface area (Å²) in [7, 11) is 1.36. The molecule has 0 aromatic carbocycles. The lowest BCUT2D eigenvalue weighted by Gasteiger charge is -1.98. The molecule has 0 aromatic heterocycles. The highest BCUT2D eigenvalue weighted by Gasteiger charge is 2.00. The molecule has 4 nitrogen and oxygen atoms in total. The fourth-order valence-electron chi connectivity index (χ4n) is 0.735. The Labute approximate surface area is 81.6 Å². The van der Waals surface area contributed by atoms with Crippen molar-refractivity contribution in [3.8, 4) is 0 Å². The van der Waals surface area contributed by atoms with Crippen LogP contribution in [-0.4, -0.2) is 35.7 Å². The number of aliphatic carboxylic acids is 1. The molecule has 76 valence electrons. The molecule has 0 aliphatic heterocycles. The zero-order valence-corrected chi connectivity index (χ0v) is 8.43. The van der Waals surface area contributed by atoms with Crippen molar-refractivity contribution in [2.75, 3.05) is 18.6 Å². The van der Waals surface area contributed by atoms with Crippen LogP contribution in [-0.2, 0) is 14.3 Å². The van der Waals surface area contributed by atoms with Crippen molar-refractivity contribution in [2.45, 2.75) is 19.3 Å². The Bertz CT molecular complexity index is 170. The Kier molecular flexibility index (Phi) is 7.48. The van der Waals surface area contributed by atoms with Crippen LogP contribution in [0.25, 0.3) is 0 Å². The first kappa shape index (κ1) is 12.3. The first-order valence-electron chi connectivity index (χ1n) is 4.03. The number of hydrogen-bond donors (Lipinski definition) is 1. The van der Waals surface area contributed by atoms with Crippen molar-refractivity contribution in [3.05, 3.63) is 0 Å². The summed E-state index contributed by atoms with van der Waals surface area (Å²) >= 11 is 1.37. The van der Waals surface area contributed by atoms with E-state index in [-0.39, 0.29) is 11.7 Å². The van der Waals surface area contributed by atoms with Gasteiger partial charge in [-0.2, -0.15) is 11.8 Å². The standard InChI is InChI=1S/C8H14O4S/c1-12-8(11)4-2-3-5-13-6-7(9)10/h2-6H2,1H3,(H,9,10). The summed E-state index contributed by atoms with van der Waals surface area (Å²) in [6.07, 6.45) is 2.04. The lowest BCUT2D eigenvalue weighted by molar-refractivity contribution is -0.140. The number of hydrogen-bond acceptors (Lipinski definition) is 4. The molecule has 0 fully saturated rings. The van der Waals surface area contributed by atoms with Gasteiger partial charge < -0.3 is 9.84 Å². The Hall–Kier alpha value is -0.710. The number of unbranched alkanes of at least 4 members (excludes halogenated alkanes) is 1. The second kappa shape index (κ2) is 7.91. The zero-order valence-electron chi connectivity index (χ0n) is 7.62. The number of ether oxygens (including phenoxy) is 1. The smallest absolute Gasteiger partial charge is 0.313 e. The van der Waals surface area contributed by atoms with Gasteiger partial charge in [-0.25, -0.2) is 0 Å². The Morgan fingerprint density at radius 3 is 2.62 bits per heavy atom. The third-order valence-corrected chi connectivity index (χ3v) is 2.40. The third-order valence-electron chi connectivity index (χ3n) is 1.37. The molecule has 0 saturated heterocycles. The number of carbonyl (C=O) groups excluding carboxylic acids is 1. The Balaban J connectivity index is 3.08. The van der Waals surface area contributed by atoms with Crippen molar-refractivity contribution in [1.82, 2.24) is 0 Å². The average molecular weight is 206 g/mol. The van der Waals surface area contributed by atoms with Gasteiger partial charge in [-0.3, -0.25) is 9.59 Å². The Morgan fingerprint density at radius 1 is 1.38 bits per heavy atom. The van der Waals surface area contributed by atoms with Gasteiger partial charge in [0.15, 0.2) is 0 Å². The SMILES string of the molecule is COC(=O)CCCCSCC(=O)O. The molecule has 13 heavy (non-hydrogen) atoms. The average Bonchev–Trinajstić information content (AvgIpc) is 2.10. The molecule has 0 spiro atoms. The summed E-state index contributed by atoms with van der Waals surface area (Å²) in [5.74, 6) is -0.0807. The molecule has 0 aromatic rings. The molecule has 0 amide bonds. The van der Waals surface area contributed by atoms with E-state index in [1.807, 2.05) is 0 Å². The van der Waals surface area contributed by atoms with Gasteiger partial charge in [0.1, 0.15) is 0 Å². The molecule has 0 unspecified atom stereocenters. The topological polar surface area (TPSA) is 63.6 Å². The summed E-state index contributed by atoms with van der Waals surface area (Å²) in [6.45, 7) is 0. The fourth-order valence-corrected chi connectivity index (χ4v) is 1.46. The van der Waals surface area contributed by atoms with Crippen LogP contribution in [0.5, 0.6) is 0 Å². The second-order valence-electron chi connectivity index (χ2n) is 2.48. The van der Waals surface area contributed by atoms with Crippen LogP contribution in [0.2, 0.25) is 0 Å². The van der Waals surface area contributed by atoms with E-state index in [1.165, 1.54) is 18.9 Å². The van der Waals surface area contributed by atoms with E-state index < -0.39 is 5.97 Å². The molecule has 0 aliphatic rings. The van der Waals surface area contributed by atoms with Gasteiger partial charge in [0, 0.05) is 6.42 Å². The van der Waals surface area contributed by atoms with Crippen molar-refractivity contribution in [3.63, 3.8) is 0 Å². The molecule has 0 heterocycles. The van der Waals surface area contributed by atoms with E-state index in [4.69, 9.17) is 5.11 Å². The number of carboxylic acid groups (broad SMARTS) is 1. The van der Waals surface area contributed by atoms with Crippen LogP contribution in [0.1, 0.15) is 19.3 Å². The van der Waals surface area contributed by atoms with Crippen LogP contribution in [0.3, 0.4) is 0 Å². The number of carbonyl (C=O) groups is 2. The number of esters is 1. The van der Waals surface area contributed by atoms with Crippen LogP contribution in [0.4, 0.5) is 0 Å². The summed E-state index contributed by atoms with van der Waals surface area (Å²) in [5.41, 5.74) is 0. The predicted molar refractivity (Wildman–Crippen MR) is 50.8 cm³/mol. The quantitative estimate of drug-likeness (QED) is 0.500. The second-order valence-corrected chi connectivity index (χ2v) is 3.58. The number of methoxy groups -OCH3 is 1. The first-order valence-corrected chi connectivity index (χ1v) is 5.18. The highest BCUT2D eigenvalue weighted by atomic mass is 32.2. The number of thioether (sulfide) groups is 1. The van der Waals surface area contributed by atoms with Gasteiger partial charge in [-0.1, -0.05) is 0 Å². The van der Waals surface area contributed by atoms with E-state index in [2.05, 4.69) is 4.74 Å². The van der Waals surface area contributed by atoms with Crippen molar-refractivity contribution >= 4 is 23.7 Å². The maximum atomic E-state index is 10.6. The maximum absolute atomic E-state index is 10.6. The minimum atomic E-state index is -0.794. The number of rotatable bonds is 7. The van der Waals surface area contributed by atoms with Crippen LogP contribution >= 0.6 is 11.8 Å². The largest absolute Gasteiger partial charge is 0.481 e. The molecular formula is C8H14O4S. The minimum absolute atomic E-state index is 0.137. The van der Waals surface area contributed by atoms with Gasteiger partial charge in [-0.05, 0) is 18.6 Å². The maximum Gasteiger partial charge on any atom is 0.313 e. The molecule has 0 atom stereocenters. The van der Waals surface area contributed by atoms with Gasteiger partial charge in [0.05, 0.1) is 12.9 Å². The normalized spacial score (nSPS) is 9.62. The molecule has 0 radical (unpaired) electrons. The van der Waals surface area contributed by atoms with E-state index in [9.17, 15) is 9.59 Å². The van der Waals surface area contributed by atoms with Crippen molar-refractivity contribution in [2.24, 2.45) is 0 Å². The number of carboxylic acids is 1. The lowest BCUT2D eigenvalue weighted by Crippen LogP contribution is -2.01. The summed E-state index contributed by atoms with van der Waals surface area (Å²) < 4.78 is 4.46. The van der Waals surface area contributed by atoms with Crippen molar-refractivity contribution < 1.29 is 19.4 Å². The molecular weight excluding hydrogens is 192 g/mol. The third kappa shape index (κ3) is 9.20.